The van der Waals surface area contributed by atoms with Crippen molar-refractivity contribution in [3.8, 4) is 0 Å². The Bertz CT molecular complexity index is 335. The molecular formula is C12H19N3. The summed E-state index contributed by atoms with van der Waals surface area (Å²) >= 11 is 0. The van der Waals surface area contributed by atoms with Gasteiger partial charge in [0.15, 0.2) is 0 Å². The summed E-state index contributed by atoms with van der Waals surface area (Å²) in [5.41, 5.74) is 7.91. The van der Waals surface area contributed by atoms with Crippen molar-refractivity contribution >= 4 is 11.4 Å². The van der Waals surface area contributed by atoms with Crippen LogP contribution < -0.4 is 10.6 Å². The van der Waals surface area contributed by atoms with Gasteiger partial charge >= 0.3 is 0 Å². The van der Waals surface area contributed by atoms with Crippen LogP contribution in [0.3, 0.4) is 0 Å². The summed E-state index contributed by atoms with van der Waals surface area (Å²) in [6.45, 7) is 5.68. The molecule has 2 N–H and O–H groups in total. The monoisotopic (exact) mass is 205 g/mol. The number of hydrogen-bond acceptors (Lipinski definition) is 3. The Morgan fingerprint density at radius 2 is 2.33 bits per heavy atom. The van der Waals surface area contributed by atoms with Gasteiger partial charge in [-0.3, -0.25) is 4.98 Å². The lowest BCUT2D eigenvalue weighted by Gasteiger charge is -2.30. The summed E-state index contributed by atoms with van der Waals surface area (Å²) in [5, 5.41) is 0. The second-order valence-electron chi connectivity index (χ2n) is 4.58. The lowest BCUT2D eigenvalue weighted by atomic mass is 10.0. The molecule has 1 saturated heterocycles. The van der Waals surface area contributed by atoms with Crippen LogP contribution in [0.25, 0.3) is 0 Å². The molecule has 0 bridgehead atoms. The maximum Gasteiger partial charge on any atom is 0.0738 e. The van der Waals surface area contributed by atoms with E-state index in [9.17, 15) is 0 Å². The minimum atomic E-state index is 0.634. The molecular weight excluding hydrogens is 186 g/mol. The van der Waals surface area contributed by atoms with Crippen LogP contribution in [0, 0.1) is 5.92 Å². The highest BCUT2D eigenvalue weighted by molar-refractivity contribution is 5.66. The van der Waals surface area contributed by atoms with Crippen LogP contribution >= 0.6 is 0 Å². The standard InChI is InChI=1S/C12H19N3/c1-9(2)11-4-3-7-15(11)12-5-6-14-8-10(12)13/h5-6,8-9,11H,3-4,7,13H2,1-2H3. The summed E-state index contributed by atoms with van der Waals surface area (Å²) in [6.07, 6.45) is 6.11. The maximum absolute atomic E-state index is 5.96. The Hall–Kier alpha value is -1.25. The second kappa shape index (κ2) is 4.09. The molecule has 1 aromatic heterocycles. The Morgan fingerprint density at radius 1 is 1.53 bits per heavy atom. The number of pyridine rings is 1. The second-order valence-corrected chi connectivity index (χ2v) is 4.58. The quantitative estimate of drug-likeness (QED) is 0.805. The molecule has 3 nitrogen and oxygen atoms in total. The molecule has 0 amide bonds. The first-order valence-electron chi connectivity index (χ1n) is 5.66. The molecule has 15 heavy (non-hydrogen) atoms. The van der Waals surface area contributed by atoms with E-state index < -0.39 is 0 Å². The summed E-state index contributed by atoms with van der Waals surface area (Å²) in [5.74, 6) is 0.681. The molecule has 0 aliphatic carbocycles. The number of anilines is 2. The first kappa shape index (κ1) is 10.3. The van der Waals surface area contributed by atoms with E-state index in [-0.39, 0.29) is 0 Å². The van der Waals surface area contributed by atoms with Gasteiger partial charge in [-0.15, -0.1) is 0 Å². The predicted molar refractivity (Wildman–Crippen MR) is 63.9 cm³/mol. The van der Waals surface area contributed by atoms with Crippen LogP contribution in [0.1, 0.15) is 26.7 Å². The molecule has 1 aromatic rings. The first-order chi connectivity index (χ1) is 7.20. The van der Waals surface area contributed by atoms with E-state index in [1.165, 1.54) is 12.8 Å². The van der Waals surface area contributed by atoms with Crippen molar-refractivity contribution in [3.63, 3.8) is 0 Å². The van der Waals surface area contributed by atoms with Gasteiger partial charge in [-0.25, -0.2) is 0 Å². The molecule has 1 aliphatic rings. The molecule has 2 heterocycles. The zero-order chi connectivity index (χ0) is 10.8. The van der Waals surface area contributed by atoms with Crippen molar-refractivity contribution in [2.45, 2.75) is 32.7 Å². The van der Waals surface area contributed by atoms with E-state index >= 15 is 0 Å². The van der Waals surface area contributed by atoms with Crippen molar-refractivity contribution < 1.29 is 0 Å². The van der Waals surface area contributed by atoms with Gasteiger partial charge in [-0.1, -0.05) is 13.8 Å². The van der Waals surface area contributed by atoms with Crippen LogP contribution in [0.15, 0.2) is 18.5 Å². The van der Waals surface area contributed by atoms with Gasteiger partial charge in [0.25, 0.3) is 0 Å². The van der Waals surface area contributed by atoms with Crippen molar-refractivity contribution in [2.75, 3.05) is 17.2 Å². The number of nitrogen functional groups attached to an aromatic ring is 1. The molecule has 1 unspecified atom stereocenters. The number of aromatic nitrogens is 1. The maximum atomic E-state index is 5.96. The summed E-state index contributed by atoms with van der Waals surface area (Å²) in [4.78, 5) is 6.47. The average molecular weight is 205 g/mol. The SMILES string of the molecule is CC(C)C1CCCN1c1ccncc1N. The van der Waals surface area contributed by atoms with E-state index in [0.29, 0.717) is 12.0 Å². The third-order valence-electron chi connectivity index (χ3n) is 3.21. The molecule has 0 aromatic carbocycles. The Labute approximate surface area is 91.3 Å². The molecule has 0 saturated carbocycles. The summed E-state index contributed by atoms with van der Waals surface area (Å²) in [6, 6.07) is 2.66. The zero-order valence-corrected chi connectivity index (χ0v) is 9.48. The highest BCUT2D eigenvalue weighted by Gasteiger charge is 2.28. The number of hydrogen-bond donors (Lipinski definition) is 1. The third-order valence-corrected chi connectivity index (χ3v) is 3.21. The van der Waals surface area contributed by atoms with Crippen molar-refractivity contribution in [1.29, 1.82) is 0 Å². The Balaban J connectivity index is 2.27. The molecule has 82 valence electrons. The van der Waals surface area contributed by atoms with Gasteiger partial charge in [0.1, 0.15) is 0 Å². The van der Waals surface area contributed by atoms with Gasteiger partial charge in [0.2, 0.25) is 0 Å². The smallest absolute Gasteiger partial charge is 0.0738 e. The van der Waals surface area contributed by atoms with Crippen molar-refractivity contribution in [3.05, 3.63) is 18.5 Å². The average Bonchev–Trinajstić information content (AvgIpc) is 2.67. The highest BCUT2D eigenvalue weighted by atomic mass is 15.2. The normalized spacial score (nSPS) is 21.3. The fourth-order valence-electron chi connectivity index (χ4n) is 2.45. The van der Waals surface area contributed by atoms with Crippen LogP contribution in [0.4, 0.5) is 11.4 Å². The topological polar surface area (TPSA) is 42.2 Å². The van der Waals surface area contributed by atoms with Gasteiger partial charge in [0, 0.05) is 18.8 Å². The van der Waals surface area contributed by atoms with Crippen LogP contribution in [-0.2, 0) is 0 Å². The highest BCUT2D eigenvalue weighted by Crippen LogP contribution is 2.32. The van der Waals surface area contributed by atoms with Crippen LogP contribution in [0.5, 0.6) is 0 Å². The Morgan fingerprint density at radius 3 is 3.00 bits per heavy atom. The summed E-state index contributed by atoms with van der Waals surface area (Å²) in [7, 11) is 0. The number of nitrogens with zero attached hydrogens (tertiary/aromatic N) is 2. The third kappa shape index (κ3) is 1.91. The van der Waals surface area contributed by atoms with E-state index in [1.54, 1.807) is 6.20 Å². The van der Waals surface area contributed by atoms with Gasteiger partial charge in [-0.2, -0.15) is 0 Å². The minimum Gasteiger partial charge on any atom is -0.396 e. The number of rotatable bonds is 2. The minimum absolute atomic E-state index is 0.634. The first-order valence-corrected chi connectivity index (χ1v) is 5.66. The Kier molecular flexibility index (Phi) is 2.80. The molecule has 0 radical (unpaired) electrons. The van der Waals surface area contributed by atoms with Gasteiger partial charge in [-0.05, 0) is 24.8 Å². The molecule has 0 spiro atoms. The zero-order valence-electron chi connectivity index (χ0n) is 9.48. The fraction of sp³-hybridized carbons (Fsp3) is 0.583. The van der Waals surface area contributed by atoms with Gasteiger partial charge in [0.05, 0.1) is 17.6 Å². The lowest BCUT2D eigenvalue weighted by Crippen LogP contribution is -2.33. The molecule has 1 atom stereocenters. The number of nitrogens with two attached hydrogens (primary N) is 1. The van der Waals surface area contributed by atoms with E-state index in [4.69, 9.17) is 5.73 Å². The lowest BCUT2D eigenvalue weighted by molar-refractivity contribution is 0.492. The molecule has 2 rings (SSSR count). The molecule has 3 heteroatoms. The fourth-order valence-corrected chi connectivity index (χ4v) is 2.45. The van der Waals surface area contributed by atoms with E-state index in [1.807, 2.05) is 12.3 Å². The van der Waals surface area contributed by atoms with Crippen LogP contribution in [0.2, 0.25) is 0 Å². The van der Waals surface area contributed by atoms with Crippen molar-refractivity contribution in [2.24, 2.45) is 5.92 Å². The van der Waals surface area contributed by atoms with E-state index in [2.05, 4.69) is 23.7 Å². The van der Waals surface area contributed by atoms with Gasteiger partial charge < -0.3 is 10.6 Å². The van der Waals surface area contributed by atoms with Crippen LogP contribution in [-0.4, -0.2) is 17.6 Å². The predicted octanol–water partition coefficient (Wildman–Crippen LogP) is 2.29. The largest absolute Gasteiger partial charge is 0.396 e. The summed E-state index contributed by atoms with van der Waals surface area (Å²) < 4.78 is 0. The van der Waals surface area contributed by atoms with E-state index in [0.717, 1.165) is 17.9 Å². The molecule has 1 fully saturated rings. The molecule has 1 aliphatic heterocycles. The van der Waals surface area contributed by atoms with Crippen molar-refractivity contribution in [1.82, 2.24) is 4.98 Å².